The predicted molar refractivity (Wildman–Crippen MR) is 68.5 cm³/mol. The highest BCUT2D eigenvalue weighted by atomic mass is 16.5. The highest BCUT2D eigenvalue weighted by Gasteiger charge is 2.30. The summed E-state index contributed by atoms with van der Waals surface area (Å²) in [6.07, 6.45) is 2.39. The summed E-state index contributed by atoms with van der Waals surface area (Å²) in [5, 5.41) is 3.50. The first-order valence-electron chi connectivity index (χ1n) is 6.39. The summed E-state index contributed by atoms with van der Waals surface area (Å²) in [4.78, 5) is 0. The van der Waals surface area contributed by atoms with E-state index in [-0.39, 0.29) is 5.54 Å². The number of nitrogens with one attached hydrogen (secondary N) is 1. The Morgan fingerprint density at radius 2 is 1.69 bits per heavy atom. The molecule has 0 bridgehead atoms. The maximum absolute atomic E-state index is 5.96. The lowest BCUT2D eigenvalue weighted by atomic mass is 9.74. The highest BCUT2D eigenvalue weighted by Crippen LogP contribution is 2.33. The van der Waals surface area contributed by atoms with Crippen LogP contribution in [0.5, 0.6) is 0 Å². The molecule has 1 aliphatic rings. The fraction of sp³-hybridized carbons (Fsp3) is 1.00. The van der Waals surface area contributed by atoms with Crippen LogP contribution in [0.3, 0.4) is 0 Å². The predicted octanol–water partition coefficient (Wildman–Crippen LogP) is 1.77. The van der Waals surface area contributed by atoms with E-state index in [0.717, 1.165) is 32.2 Å². The van der Waals surface area contributed by atoms with Gasteiger partial charge in [0.25, 0.3) is 0 Å². The summed E-state index contributed by atoms with van der Waals surface area (Å²) in [6, 6.07) is 0. The highest BCUT2D eigenvalue weighted by molar-refractivity contribution is 4.84. The molecule has 1 fully saturated rings. The molecule has 0 radical (unpaired) electrons. The third-order valence-electron chi connectivity index (χ3n) is 3.49. The van der Waals surface area contributed by atoms with Crippen molar-refractivity contribution in [1.82, 2.24) is 5.32 Å². The summed E-state index contributed by atoms with van der Waals surface area (Å²) in [7, 11) is 0. The molecule has 0 aromatic rings. The van der Waals surface area contributed by atoms with Crippen molar-refractivity contribution in [1.29, 1.82) is 0 Å². The van der Waals surface area contributed by atoms with Gasteiger partial charge in [-0.1, -0.05) is 13.8 Å². The van der Waals surface area contributed by atoms with Gasteiger partial charge in [-0.15, -0.1) is 0 Å². The van der Waals surface area contributed by atoms with Crippen LogP contribution in [0.2, 0.25) is 0 Å². The Morgan fingerprint density at radius 1 is 1.12 bits per heavy atom. The molecule has 0 aromatic heterocycles. The first-order chi connectivity index (χ1) is 7.31. The van der Waals surface area contributed by atoms with Crippen LogP contribution in [0.1, 0.15) is 40.5 Å². The molecule has 0 saturated carbocycles. The summed E-state index contributed by atoms with van der Waals surface area (Å²) < 4.78 is 5.41. The van der Waals surface area contributed by atoms with E-state index in [1.807, 2.05) is 0 Å². The number of ether oxygens (including phenoxy) is 1. The fourth-order valence-electron chi connectivity index (χ4n) is 2.33. The van der Waals surface area contributed by atoms with E-state index in [1.165, 1.54) is 12.8 Å². The molecule has 3 heteroatoms. The molecule has 3 N–H and O–H groups in total. The Morgan fingerprint density at radius 3 is 2.19 bits per heavy atom. The SMILES string of the molecule is CC(C)(N)CNCC(C)(C)C1CCOCC1. The average Bonchev–Trinajstić information content (AvgIpc) is 2.17. The quantitative estimate of drug-likeness (QED) is 0.754. The molecule has 1 rings (SSSR count). The Balaban J connectivity index is 2.32. The third-order valence-corrected chi connectivity index (χ3v) is 3.49. The van der Waals surface area contributed by atoms with Gasteiger partial charge in [-0.3, -0.25) is 0 Å². The van der Waals surface area contributed by atoms with Crippen LogP contribution in [0, 0.1) is 11.3 Å². The summed E-state index contributed by atoms with van der Waals surface area (Å²) in [6.45, 7) is 12.6. The Kier molecular flexibility index (Phi) is 4.77. The van der Waals surface area contributed by atoms with Crippen LogP contribution in [0.25, 0.3) is 0 Å². The third kappa shape index (κ3) is 4.81. The zero-order valence-electron chi connectivity index (χ0n) is 11.3. The van der Waals surface area contributed by atoms with Crippen molar-refractivity contribution < 1.29 is 4.74 Å². The molecular weight excluding hydrogens is 200 g/mol. The summed E-state index contributed by atoms with van der Waals surface area (Å²) in [5.41, 5.74) is 6.18. The molecule has 0 amide bonds. The molecule has 1 aliphatic heterocycles. The van der Waals surface area contributed by atoms with Crippen molar-refractivity contribution in [2.24, 2.45) is 17.1 Å². The summed E-state index contributed by atoms with van der Waals surface area (Å²) >= 11 is 0. The molecule has 0 spiro atoms. The Hall–Kier alpha value is -0.120. The van der Waals surface area contributed by atoms with E-state index in [4.69, 9.17) is 10.5 Å². The maximum Gasteiger partial charge on any atom is 0.0468 e. The second-order valence-corrected chi connectivity index (χ2v) is 6.47. The van der Waals surface area contributed by atoms with Gasteiger partial charge < -0.3 is 15.8 Å². The average molecular weight is 228 g/mol. The topological polar surface area (TPSA) is 47.3 Å². The fourth-order valence-corrected chi connectivity index (χ4v) is 2.33. The minimum Gasteiger partial charge on any atom is -0.381 e. The Bertz CT molecular complexity index is 202. The van der Waals surface area contributed by atoms with Crippen LogP contribution in [0.4, 0.5) is 0 Å². The molecule has 0 aliphatic carbocycles. The van der Waals surface area contributed by atoms with E-state index in [2.05, 4.69) is 33.0 Å². The lowest BCUT2D eigenvalue weighted by molar-refractivity contribution is 0.0225. The van der Waals surface area contributed by atoms with E-state index < -0.39 is 0 Å². The van der Waals surface area contributed by atoms with Gasteiger partial charge in [0.15, 0.2) is 0 Å². The van der Waals surface area contributed by atoms with Crippen molar-refractivity contribution >= 4 is 0 Å². The minimum absolute atomic E-state index is 0.119. The first-order valence-corrected chi connectivity index (χ1v) is 6.39. The monoisotopic (exact) mass is 228 g/mol. The van der Waals surface area contributed by atoms with Gasteiger partial charge in [0, 0.05) is 31.8 Å². The lowest BCUT2D eigenvalue weighted by Gasteiger charge is -2.37. The number of hydrogen-bond acceptors (Lipinski definition) is 3. The molecule has 16 heavy (non-hydrogen) atoms. The maximum atomic E-state index is 5.96. The largest absolute Gasteiger partial charge is 0.381 e. The smallest absolute Gasteiger partial charge is 0.0468 e. The standard InChI is InChI=1S/C13H28N2O/c1-12(2,9-15-10-13(3,4)14)11-5-7-16-8-6-11/h11,15H,5-10,14H2,1-4H3. The molecule has 0 aromatic carbocycles. The second-order valence-electron chi connectivity index (χ2n) is 6.47. The van der Waals surface area contributed by atoms with E-state index in [0.29, 0.717) is 5.41 Å². The number of rotatable bonds is 5. The van der Waals surface area contributed by atoms with Crippen LogP contribution < -0.4 is 11.1 Å². The molecule has 0 atom stereocenters. The Labute approximate surface area is 100 Å². The first kappa shape index (κ1) is 13.9. The molecule has 96 valence electrons. The van der Waals surface area contributed by atoms with Gasteiger partial charge in [0.05, 0.1) is 0 Å². The molecule has 1 heterocycles. The van der Waals surface area contributed by atoms with Crippen LogP contribution >= 0.6 is 0 Å². The van der Waals surface area contributed by atoms with Gasteiger partial charge in [0.1, 0.15) is 0 Å². The van der Waals surface area contributed by atoms with Crippen LogP contribution in [-0.4, -0.2) is 31.8 Å². The zero-order valence-corrected chi connectivity index (χ0v) is 11.3. The van der Waals surface area contributed by atoms with Crippen molar-refractivity contribution in [2.45, 2.75) is 46.1 Å². The van der Waals surface area contributed by atoms with E-state index in [1.54, 1.807) is 0 Å². The van der Waals surface area contributed by atoms with Crippen LogP contribution in [-0.2, 0) is 4.74 Å². The van der Waals surface area contributed by atoms with Crippen molar-refractivity contribution in [2.75, 3.05) is 26.3 Å². The number of nitrogens with two attached hydrogens (primary N) is 1. The zero-order chi connectivity index (χ0) is 12.2. The van der Waals surface area contributed by atoms with Gasteiger partial charge >= 0.3 is 0 Å². The number of hydrogen-bond donors (Lipinski definition) is 2. The van der Waals surface area contributed by atoms with Gasteiger partial charge in [-0.2, -0.15) is 0 Å². The molecular formula is C13H28N2O. The molecule has 1 saturated heterocycles. The molecule has 0 unspecified atom stereocenters. The minimum atomic E-state index is -0.119. The van der Waals surface area contributed by atoms with Gasteiger partial charge in [0.2, 0.25) is 0 Å². The molecule has 3 nitrogen and oxygen atoms in total. The van der Waals surface area contributed by atoms with Crippen LogP contribution in [0.15, 0.2) is 0 Å². The normalized spacial score (nSPS) is 20.1. The lowest BCUT2D eigenvalue weighted by Crippen LogP contribution is -2.47. The van der Waals surface area contributed by atoms with Crippen molar-refractivity contribution in [3.63, 3.8) is 0 Å². The van der Waals surface area contributed by atoms with Gasteiger partial charge in [-0.25, -0.2) is 0 Å². The summed E-state index contributed by atoms with van der Waals surface area (Å²) in [5.74, 6) is 0.773. The second kappa shape index (κ2) is 5.48. The van der Waals surface area contributed by atoms with E-state index >= 15 is 0 Å². The van der Waals surface area contributed by atoms with E-state index in [9.17, 15) is 0 Å². The van der Waals surface area contributed by atoms with Crippen molar-refractivity contribution in [3.05, 3.63) is 0 Å². The van der Waals surface area contributed by atoms with Crippen molar-refractivity contribution in [3.8, 4) is 0 Å². The van der Waals surface area contributed by atoms with Gasteiger partial charge in [-0.05, 0) is 38.0 Å².